The lowest BCUT2D eigenvalue weighted by Crippen LogP contribution is -2.05. The number of nitrogens with zero attached hydrogens (tertiary/aromatic N) is 2. The number of alkyl halides is 1. The predicted molar refractivity (Wildman–Crippen MR) is 75.0 cm³/mol. The van der Waals surface area contributed by atoms with Crippen molar-refractivity contribution < 1.29 is 0 Å². The van der Waals surface area contributed by atoms with E-state index in [0.29, 0.717) is 0 Å². The van der Waals surface area contributed by atoms with E-state index in [9.17, 15) is 0 Å². The molecule has 2 rings (SSSR count). The fourth-order valence-electron chi connectivity index (χ4n) is 1.84. The first-order valence-corrected chi connectivity index (χ1v) is 6.87. The molecule has 0 saturated heterocycles. The van der Waals surface area contributed by atoms with Gasteiger partial charge < -0.3 is 0 Å². The van der Waals surface area contributed by atoms with E-state index in [1.54, 1.807) is 0 Å². The van der Waals surface area contributed by atoms with Crippen LogP contribution in [-0.2, 0) is 11.0 Å². The Morgan fingerprint density at radius 3 is 2.44 bits per heavy atom. The lowest BCUT2D eigenvalue weighted by Gasteiger charge is -2.08. The highest BCUT2D eigenvalue weighted by Crippen LogP contribution is 2.15. The summed E-state index contributed by atoms with van der Waals surface area (Å²) in [6, 6.07) is 10.7. The molecule has 2 aromatic rings. The van der Waals surface area contributed by atoms with Gasteiger partial charge in [-0.1, -0.05) is 46.9 Å². The van der Waals surface area contributed by atoms with Crippen LogP contribution in [0.15, 0.2) is 30.3 Å². The van der Waals surface area contributed by atoms with Crippen LogP contribution in [0.25, 0.3) is 0 Å². The molecule has 0 atom stereocenters. The Labute approximate surface area is 110 Å². The Hall–Kier alpha value is -0.840. The molecule has 0 N–H and O–H groups in total. The van der Waals surface area contributed by atoms with Gasteiger partial charge in [0.1, 0.15) is 0 Å². The van der Waals surface area contributed by atoms with Crippen LogP contribution in [-0.4, -0.2) is 9.78 Å². The third kappa shape index (κ3) is 2.45. The van der Waals surface area contributed by atoms with Gasteiger partial charge in [-0.25, -0.2) is 0 Å². The second-order valence-corrected chi connectivity index (χ2v) is 4.75. The fraction of sp³-hybridized carbons (Fsp3) is 0.308. The summed E-state index contributed by atoms with van der Waals surface area (Å²) in [6.07, 6.45) is 0. The van der Waals surface area contributed by atoms with Crippen LogP contribution >= 0.6 is 22.6 Å². The Morgan fingerprint density at radius 1 is 1.19 bits per heavy atom. The minimum Gasteiger partial charge on any atom is -0.265 e. The zero-order valence-corrected chi connectivity index (χ0v) is 11.7. The number of benzene rings is 1. The fourth-order valence-corrected chi connectivity index (χ4v) is 2.58. The van der Waals surface area contributed by atoms with Crippen LogP contribution in [0.2, 0.25) is 0 Å². The van der Waals surface area contributed by atoms with Gasteiger partial charge in [-0.05, 0) is 31.0 Å². The van der Waals surface area contributed by atoms with E-state index in [1.165, 1.54) is 16.8 Å². The molecular formula is C13H15IN2. The first-order chi connectivity index (χ1) is 7.70. The average Bonchev–Trinajstić information content (AvgIpc) is 2.58. The third-order valence-corrected chi connectivity index (χ3v) is 3.51. The van der Waals surface area contributed by atoms with E-state index in [-0.39, 0.29) is 0 Å². The standard InChI is InChI=1S/C13H15IN2/c1-10-7-11(2)16(15-10)9-13-6-4-3-5-12(13)8-14/h3-7H,8-9H2,1-2H3. The maximum Gasteiger partial charge on any atom is 0.0665 e. The Balaban J connectivity index is 2.30. The lowest BCUT2D eigenvalue weighted by atomic mass is 10.1. The van der Waals surface area contributed by atoms with Crippen molar-refractivity contribution in [3.63, 3.8) is 0 Å². The van der Waals surface area contributed by atoms with Crippen molar-refractivity contribution in [2.24, 2.45) is 0 Å². The average molecular weight is 326 g/mol. The molecule has 0 fully saturated rings. The zero-order chi connectivity index (χ0) is 11.5. The molecule has 0 spiro atoms. The van der Waals surface area contributed by atoms with Gasteiger partial charge in [0.15, 0.2) is 0 Å². The highest BCUT2D eigenvalue weighted by molar-refractivity contribution is 14.1. The van der Waals surface area contributed by atoms with Crippen molar-refractivity contribution in [2.75, 3.05) is 0 Å². The molecular weight excluding hydrogens is 311 g/mol. The molecule has 0 radical (unpaired) electrons. The van der Waals surface area contributed by atoms with Gasteiger partial charge in [-0.3, -0.25) is 4.68 Å². The summed E-state index contributed by atoms with van der Waals surface area (Å²) < 4.78 is 3.12. The molecule has 1 heterocycles. The summed E-state index contributed by atoms with van der Waals surface area (Å²) in [5.74, 6) is 0. The molecule has 0 bridgehead atoms. The van der Waals surface area contributed by atoms with Crippen LogP contribution in [0, 0.1) is 13.8 Å². The second kappa shape index (κ2) is 4.99. The largest absolute Gasteiger partial charge is 0.265 e. The number of halogens is 1. The molecule has 0 aliphatic carbocycles. The van der Waals surface area contributed by atoms with Crippen molar-refractivity contribution in [3.05, 3.63) is 52.8 Å². The van der Waals surface area contributed by atoms with Crippen LogP contribution in [0.4, 0.5) is 0 Å². The molecule has 0 unspecified atom stereocenters. The summed E-state index contributed by atoms with van der Waals surface area (Å²) >= 11 is 2.41. The normalized spacial score (nSPS) is 10.7. The topological polar surface area (TPSA) is 17.8 Å². The number of aromatic nitrogens is 2. The van der Waals surface area contributed by atoms with Crippen molar-refractivity contribution in [3.8, 4) is 0 Å². The number of hydrogen-bond donors (Lipinski definition) is 0. The van der Waals surface area contributed by atoms with Crippen molar-refractivity contribution >= 4 is 22.6 Å². The first kappa shape index (κ1) is 11.6. The summed E-state index contributed by atoms with van der Waals surface area (Å²) in [6.45, 7) is 5.01. The minimum atomic E-state index is 0.874. The molecule has 1 aromatic carbocycles. The van der Waals surface area contributed by atoms with Crippen LogP contribution in [0.1, 0.15) is 22.5 Å². The van der Waals surface area contributed by atoms with Crippen LogP contribution in [0.3, 0.4) is 0 Å². The highest BCUT2D eigenvalue weighted by atomic mass is 127. The van der Waals surface area contributed by atoms with E-state index in [0.717, 1.165) is 16.7 Å². The van der Waals surface area contributed by atoms with Crippen LogP contribution in [0.5, 0.6) is 0 Å². The molecule has 3 heteroatoms. The number of rotatable bonds is 3. The van der Waals surface area contributed by atoms with E-state index in [4.69, 9.17) is 0 Å². The molecule has 0 amide bonds. The smallest absolute Gasteiger partial charge is 0.0665 e. The van der Waals surface area contributed by atoms with E-state index >= 15 is 0 Å². The maximum absolute atomic E-state index is 4.50. The van der Waals surface area contributed by atoms with Crippen molar-refractivity contribution in [1.82, 2.24) is 9.78 Å². The van der Waals surface area contributed by atoms with E-state index in [2.05, 4.69) is 69.6 Å². The Bertz CT molecular complexity index is 488. The monoisotopic (exact) mass is 326 g/mol. The van der Waals surface area contributed by atoms with Gasteiger partial charge in [0.05, 0.1) is 12.2 Å². The Morgan fingerprint density at radius 2 is 1.88 bits per heavy atom. The minimum absolute atomic E-state index is 0.874. The third-order valence-electron chi connectivity index (χ3n) is 2.69. The summed E-state index contributed by atoms with van der Waals surface area (Å²) in [5, 5.41) is 4.50. The zero-order valence-electron chi connectivity index (χ0n) is 9.57. The molecule has 84 valence electrons. The summed E-state index contributed by atoms with van der Waals surface area (Å²) in [4.78, 5) is 0. The van der Waals surface area contributed by atoms with E-state index < -0.39 is 0 Å². The molecule has 1 aromatic heterocycles. The van der Waals surface area contributed by atoms with Crippen molar-refractivity contribution in [2.45, 2.75) is 24.8 Å². The van der Waals surface area contributed by atoms with Crippen LogP contribution < -0.4 is 0 Å². The predicted octanol–water partition coefficient (Wildman–Crippen LogP) is 3.48. The number of aryl methyl sites for hydroxylation is 2. The lowest BCUT2D eigenvalue weighted by molar-refractivity contribution is 0.656. The number of hydrogen-bond acceptors (Lipinski definition) is 1. The van der Waals surface area contributed by atoms with Gasteiger partial charge in [0.2, 0.25) is 0 Å². The molecule has 0 saturated carbocycles. The molecule has 0 aliphatic rings. The quantitative estimate of drug-likeness (QED) is 0.624. The summed E-state index contributed by atoms with van der Waals surface area (Å²) in [5.41, 5.74) is 5.07. The SMILES string of the molecule is Cc1cc(C)n(Cc2ccccc2CI)n1. The summed E-state index contributed by atoms with van der Waals surface area (Å²) in [7, 11) is 0. The van der Waals surface area contributed by atoms with Gasteiger partial charge in [-0.2, -0.15) is 5.10 Å². The molecule has 16 heavy (non-hydrogen) atoms. The van der Waals surface area contributed by atoms with Crippen molar-refractivity contribution in [1.29, 1.82) is 0 Å². The Kier molecular flexibility index (Phi) is 3.63. The van der Waals surface area contributed by atoms with Gasteiger partial charge in [-0.15, -0.1) is 0 Å². The molecule has 0 aliphatic heterocycles. The van der Waals surface area contributed by atoms with Gasteiger partial charge >= 0.3 is 0 Å². The maximum atomic E-state index is 4.50. The second-order valence-electron chi connectivity index (χ2n) is 3.99. The van der Waals surface area contributed by atoms with E-state index in [1.807, 2.05) is 6.92 Å². The van der Waals surface area contributed by atoms with Gasteiger partial charge in [0.25, 0.3) is 0 Å². The van der Waals surface area contributed by atoms with Gasteiger partial charge in [0, 0.05) is 10.1 Å². The molecule has 2 nitrogen and oxygen atoms in total. The highest BCUT2D eigenvalue weighted by Gasteiger charge is 2.04. The first-order valence-electron chi connectivity index (χ1n) is 5.34.